The Balaban J connectivity index is 1.08. The SMILES string of the molecule is Cc1cc(C#N)nc(C)c1C(=O)N1CCC(C)(N2CCC(N3C(=O)N(CC4CCC(O)CC4)C[C@H]3c3ccccc3)CC2)CC1. The Morgan fingerprint density at radius 1 is 1.02 bits per heavy atom. The van der Waals surface area contributed by atoms with Crippen LogP contribution in [0.4, 0.5) is 4.79 Å². The van der Waals surface area contributed by atoms with E-state index in [1.165, 1.54) is 5.56 Å². The third-order valence-corrected chi connectivity index (χ3v) is 11.2. The fourth-order valence-electron chi connectivity index (χ4n) is 8.38. The number of amides is 3. The lowest BCUT2D eigenvalue weighted by atomic mass is 9.85. The summed E-state index contributed by atoms with van der Waals surface area (Å²) in [5.41, 5.74) is 3.62. The number of hydrogen-bond acceptors (Lipinski definition) is 6. The first-order valence-electron chi connectivity index (χ1n) is 16.9. The van der Waals surface area contributed by atoms with Crippen LogP contribution in [0.15, 0.2) is 36.4 Å². The molecule has 0 bridgehead atoms. The van der Waals surface area contributed by atoms with Crippen molar-refractivity contribution in [3.05, 3.63) is 64.5 Å². The van der Waals surface area contributed by atoms with Crippen LogP contribution in [0.3, 0.4) is 0 Å². The van der Waals surface area contributed by atoms with E-state index in [0.717, 1.165) is 83.1 Å². The van der Waals surface area contributed by atoms with Gasteiger partial charge < -0.3 is 19.8 Å². The van der Waals surface area contributed by atoms with Crippen LogP contribution in [0.2, 0.25) is 0 Å². The maximum atomic E-state index is 14.0. The summed E-state index contributed by atoms with van der Waals surface area (Å²) >= 11 is 0. The topological polar surface area (TPSA) is 104 Å². The van der Waals surface area contributed by atoms with E-state index >= 15 is 0 Å². The number of nitrogens with zero attached hydrogens (tertiary/aromatic N) is 6. The third kappa shape index (κ3) is 6.45. The molecule has 4 fully saturated rings. The summed E-state index contributed by atoms with van der Waals surface area (Å²) in [4.78, 5) is 40.7. The van der Waals surface area contributed by atoms with E-state index in [1.54, 1.807) is 6.07 Å². The lowest BCUT2D eigenvalue weighted by Crippen LogP contribution is -2.58. The summed E-state index contributed by atoms with van der Waals surface area (Å²) < 4.78 is 0. The third-order valence-electron chi connectivity index (χ3n) is 11.2. The number of carbonyl (C=O) groups is 2. The zero-order valence-electron chi connectivity index (χ0n) is 27.1. The lowest BCUT2D eigenvalue weighted by molar-refractivity contribution is 0.00490. The number of aromatic nitrogens is 1. The second-order valence-corrected chi connectivity index (χ2v) is 14.1. The van der Waals surface area contributed by atoms with Gasteiger partial charge in [0.1, 0.15) is 11.8 Å². The highest BCUT2D eigenvalue weighted by molar-refractivity contribution is 5.96. The first-order chi connectivity index (χ1) is 21.7. The van der Waals surface area contributed by atoms with Crippen LogP contribution in [-0.4, -0.2) is 98.6 Å². The Bertz CT molecular complexity index is 1390. The van der Waals surface area contributed by atoms with Crippen molar-refractivity contribution >= 4 is 11.9 Å². The van der Waals surface area contributed by atoms with Gasteiger partial charge in [-0.05, 0) is 95.2 Å². The zero-order chi connectivity index (χ0) is 31.7. The van der Waals surface area contributed by atoms with Crippen molar-refractivity contribution in [3.63, 3.8) is 0 Å². The molecule has 3 aliphatic heterocycles. The molecule has 9 nitrogen and oxygen atoms in total. The number of hydrogen-bond donors (Lipinski definition) is 1. The Morgan fingerprint density at radius 2 is 1.69 bits per heavy atom. The predicted octanol–water partition coefficient (Wildman–Crippen LogP) is 5.06. The van der Waals surface area contributed by atoms with Gasteiger partial charge in [0.2, 0.25) is 0 Å². The molecule has 2 aromatic rings. The van der Waals surface area contributed by atoms with Gasteiger partial charge in [-0.15, -0.1) is 0 Å². The summed E-state index contributed by atoms with van der Waals surface area (Å²) in [6.07, 6.45) is 7.19. The molecule has 1 N–H and O–H groups in total. The Hall–Kier alpha value is -3.48. The molecule has 45 heavy (non-hydrogen) atoms. The van der Waals surface area contributed by atoms with Gasteiger partial charge in [-0.1, -0.05) is 30.3 Å². The van der Waals surface area contributed by atoms with Gasteiger partial charge in [-0.2, -0.15) is 5.26 Å². The van der Waals surface area contributed by atoms with Crippen LogP contribution in [0.5, 0.6) is 0 Å². The Labute approximate surface area is 267 Å². The molecule has 4 aliphatic rings. The number of piperidine rings is 2. The highest BCUT2D eigenvalue weighted by Crippen LogP contribution is 2.39. The first-order valence-corrected chi connectivity index (χ1v) is 16.9. The Morgan fingerprint density at radius 3 is 2.31 bits per heavy atom. The molecule has 4 heterocycles. The molecule has 240 valence electrons. The molecular weight excluding hydrogens is 564 g/mol. The van der Waals surface area contributed by atoms with Gasteiger partial charge in [0, 0.05) is 50.8 Å². The number of carbonyl (C=O) groups excluding carboxylic acids is 2. The molecule has 0 spiro atoms. The van der Waals surface area contributed by atoms with Crippen molar-refractivity contribution < 1.29 is 14.7 Å². The molecule has 9 heteroatoms. The van der Waals surface area contributed by atoms with Crippen molar-refractivity contribution in [2.24, 2.45) is 5.92 Å². The van der Waals surface area contributed by atoms with Crippen LogP contribution in [0.1, 0.15) is 97.2 Å². The van der Waals surface area contributed by atoms with Crippen LogP contribution >= 0.6 is 0 Å². The first kappa shape index (κ1) is 31.5. The minimum Gasteiger partial charge on any atom is -0.393 e. The van der Waals surface area contributed by atoms with Gasteiger partial charge in [0.15, 0.2) is 0 Å². The smallest absolute Gasteiger partial charge is 0.320 e. The molecule has 1 aliphatic carbocycles. The number of nitriles is 1. The highest BCUT2D eigenvalue weighted by Gasteiger charge is 2.45. The van der Waals surface area contributed by atoms with Crippen molar-refractivity contribution in [2.75, 3.05) is 39.3 Å². The monoisotopic (exact) mass is 612 g/mol. The summed E-state index contributed by atoms with van der Waals surface area (Å²) in [5.74, 6) is 0.477. The minimum absolute atomic E-state index is 0.0104. The van der Waals surface area contributed by atoms with Gasteiger partial charge >= 0.3 is 6.03 Å². The second-order valence-electron chi connectivity index (χ2n) is 14.1. The fraction of sp³-hybridized carbons (Fsp3) is 0.611. The molecule has 1 saturated carbocycles. The quantitative estimate of drug-likeness (QED) is 0.489. The van der Waals surface area contributed by atoms with E-state index in [2.05, 4.69) is 56.9 Å². The van der Waals surface area contributed by atoms with E-state index in [4.69, 9.17) is 0 Å². The minimum atomic E-state index is -0.183. The van der Waals surface area contributed by atoms with E-state index in [9.17, 15) is 20.0 Å². The molecule has 6 rings (SSSR count). The van der Waals surface area contributed by atoms with E-state index in [1.807, 2.05) is 24.8 Å². The number of pyridine rings is 1. The van der Waals surface area contributed by atoms with Crippen LogP contribution in [-0.2, 0) is 0 Å². The average Bonchev–Trinajstić information content (AvgIpc) is 3.37. The number of aliphatic hydroxyl groups is 1. The Kier molecular flexibility index (Phi) is 9.17. The van der Waals surface area contributed by atoms with Crippen molar-refractivity contribution in [1.82, 2.24) is 24.6 Å². The van der Waals surface area contributed by atoms with Crippen LogP contribution in [0, 0.1) is 31.1 Å². The van der Waals surface area contributed by atoms with Crippen molar-refractivity contribution in [3.8, 4) is 6.07 Å². The molecule has 0 unspecified atom stereocenters. The maximum absolute atomic E-state index is 14.0. The number of rotatable bonds is 6. The van der Waals surface area contributed by atoms with Gasteiger partial charge in [-0.3, -0.25) is 9.69 Å². The highest BCUT2D eigenvalue weighted by atomic mass is 16.3. The number of urea groups is 1. The normalized spacial score (nSPS) is 26.2. The van der Waals surface area contributed by atoms with Crippen LogP contribution < -0.4 is 0 Å². The van der Waals surface area contributed by atoms with Crippen molar-refractivity contribution in [2.45, 2.75) is 95.9 Å². The largest absolute Gasteiger partial charge is 0.393 e. The molecule has 3 saturated heterocycles. The molecule has 1 aromatic carbocycles. The average molecular weight is 613 g/mol. The summed E-state index contributed by atoms with van der Waals surface area (Å²) in [5, 5.41) is 19.2. The molecule has 0 radical (unpaired) electrons. The van der Waals surface area contributed by atoms with E-state index in [-0.39, 0.29) is 35.7 Å². The summed E-state index contributed by atoms with van der Waals surface area (Å²) in [7, 11) is 0. The standard InChI is InChI=1S/C36H48N6O3/c1-25-21-29(22-37)38-26(2)33(25)34(44)39-19-15-36(3,16-20-39)41-17-13-30(14-18-41)42-32(28-7-5-4-6-8-28)24-40(35(42)45)23-27-9-11-31(43)12-10-27/h4-8,21,27,30-32,43H,9-20,23-24H2,1-3H3/t27?,31?,32-/m0/s1. The molecule has 1 aromatic heterocycles. The predicted molar refractivity (Wildman–Crippen MR) is 173 cm³/mol. The van der Waals surface area contributed by atoms with E-state index < -0.39 is 0 Å². The van der Waals surface area contributed by atoms with Gasteiger partial charge in [0.25, 0.3) is 5.91 Å². The summed E-state index contributed by atoms with van der Waals surface area (Å²) in [6.45, 7) is 10.8. The molecular formula is C36H48N6O3. The second kappa shape index (κ2) is 13.1. The van der Waals surface area contributed by atoms with Crippen LogP contribution in [0.25, 0.3) is 0 Å². The van der Waals surface area contributed by atoms with Crippen molar-refractivity contribution in [1.29, 1.82) is 5.26 Å². The fourth-order valence-corrected chi connectivity index (χ4v) is 8.38. The van der Waals surface area contributed by atoms with Gasteiger partial charge in [0.05, 0.1) is 23.4 Å². The number of likely N-dealkylation sites (tertiary alicyclic amines) is 2. The summed E-state index contributed by atoms with van der Waals surface area (Å²) in [6, 6.07) is 14.7. The molecule has 3 amide bonds. The van der Waals surface area contributed by atoms with Gasteiger partial charge in [-0.25, -0.2) is 9.78 Å². The lowest BCUT2D eigenvalue weighted by Gasteiger charge is -2.50. The van der Waals surface area contributed by atoms with E-state index in [0.29, 0.717) is 36.0 Å². The number of aliphatic hydroxyl groups excluding tert-OH is 1. The molecule has 1 atom stereocenters. The zero-order valence-corrected chi connectivity index (χ0v) is 27.1. The maximum Gasteiger partial charge on any atom is 0.320 e. The number of benzene rings is 1. The number of aryl methyl sites for hydroxylation is 2.